The standard InChI is InChI=1S/C29H35N3O2/c1-2-16-31-24-12-13-25(31)27-15-14-26(24)32(27)28(22-6-5-7-23(33)19-22)20-8-10-21(11-9-20)29(34)30-17-3-4-18-30/h2,5-11,19,24-28,33H,1,3-4,12-18H2/t24?,25?,26-,27?,28?/m1/s1. The van der Waals surface area contributed by atoms with Gasteiger partial charge in [-0.05, 0) is 73.9 Å². The third kappa shape index (κ3) is 3.57. The van der Waals surface area contributed by atoms with Crippen molar-refractivity contribution in [1.29, 1.82) is 0 Å². The van der Waals surface area contributed by atoms with E-state index in [0.29, 0.717) is 29.9 Å². The van der Waals surface area contributed by atoms with Crippen LogP contribution in [0, 0.1) is 0 Å². The van der Waals surface area contributed by atoms with Gasteiger partial charge in [0.2, 0.25) is 0 Å². The maximum atomic E-state index is 12.9. The van der Waals surface area contributed by atoms with Crippen LogP contribution in [0.3, 0.4) is 0 Å². The molecule has 0 saturated carbocycles. The highest BCUT2D eigenvalue weighted by atomic mass is 16.3. The molecule has 0 spiro atoms. The Balaban J connectivity index is 1.36. The van der Waals surface area contributed by atoms with Crippen molar-refractivity contribution < 1.29 is 9.90 Å². The van der Waals surface area contributed by atoms with Crippen LogP contribution in [0.25, 0.3) is 0 Å². The van der Waals surface area contributed by atoms with E-state index in [0.717, 1.165) is 43.6 Å². The van der Waals surface area contributed by atoms with Gasteiger partial charge in [-0.2, -0.15) is 0 Å². The first-order chi connectivity index (χ1) is 16.7. The largest absolute Gasteiger partial charge is 0.508 e. The maximum Gasteiger partial charge on any atom is 0.253 e. The van der Waals surface area contributed by atoms with E-state index >= 15 is 0 Å². The van der Waals surface area contributed by atoms with Crippen LogP contribution < -0.4 is 0 Å². The van der Waals surface area contributed by atoms with Crippen molar-refractivity contribution in [3.8, 4) is 5.75 Å². The predicted octanol–water partition coefficient (Wildman–Crippen LogP) is 4.58. The highest BCUT2D eigenvalue weighted by Crippen LogP contribution is 2.50. The fourth-order valence-electron chi connectivity index (χ4n) is 7.36. The van der Waals surface area contributed by atoms with E-state index in [1.165, 1.54) is 31.2 Å². The first kappa shape index (κ1) is 21.9. The monoisotopic (exact) mass is 457 g/mol. The molecule has 4 aliphatic rings. The number of hydrogen-bond acceptors (Lipinski definition) is 4. The van der Waals surface area contributed by atoms with E-state index in [1.54, 1.807) is 6.07 Å². The van der Waals surface area contributed by atoms with Gasteiger partial charge in [-0.25, -0.2) is 0 Å². The van der Waals surface area contributed by atoms with Gasteiger partial charge in [0.05, 0.1) is 6.04 Å². The average Bonchev–Trinajstić information content (AvgIpc) is 3.55. The Morgan fingerprint density at radius 3 is 2.21 bits per heavy atom. The van der Waals surface area contributed by atoms with E-state index in [9.17, 15) is 9.90 Å². The second kappa shape index (κ2) is 8.86. The van der Waals surface area contributed by atoms with Crippen molar-refractivity contribution in [1.82, 2.24) is 14.7 Å². The Bertz CT molecular complexity index is 1040. The van der Waals surface area contributed by atoms with Gasteiger partial charge >= 0.3 is 0 Å². The number of amides is 1. The zero-order valence-corrected chi connectivity index (χ0v) is 19.9. The molecule has 2 aromatic rings. The molecule has 0 aliphatic carbocycles. The summed E-state index contributed by atoms with van der Waals surface area (Å²) in [6.07, 6.45) is 9.22. The molecule has 6 rings (SSSR count). The van der Waals surface area contributed by atoms with Crippen molar-refractivity contribution >= 4 is 5.91 Å². The van der Waals surface area contributed by atoms with Crippen molar-refractivity contribution in [2.75, 3.05) is 19.6 Å². The lowest BCUT2D eigenvalue weighted by molar-refractivity contribution is -0.00329. The second-order valence-electron chi connectivity index (χ2n) is 10.5. The molecule has 2 aromatic carbocycles. The Morgan fingerprint density at radius 2 is 1.59 bits per heavy atom. The fourth-order valence-corrected chi connectivity index (χ4v) is 7.36. The van der Waals surface area contributed by atoms with Crippen molar-refractivity contribution in [3.05, 3.63) is 77.9 Å². The van der Waals surface area contributed by atoms with Crippen LogP contribution in [0.5, 0.6) is 5.75 Å². The molecule has 5 heteroatoms. The quantitative estimate of drug-likeness (QED) is 0.645. The van der Waals surface area contributed by atoms with Crippen LogP contribution >= 0.6 is 0 Å². The normalized spacial score (nSPS) is 29.5. The predicted molar refractivity (Wildman–Crippen MR) is 134 cm³/mol. The van der Waals surface area contributed by atoms with Crippen molar-refractivity contribution in [3.63, 3.8) is 0 Å². The van der Waals surface area contributed by atoms with Crippen LogP contribution in [0.4, 0.5) is 0 Å². The summed E-state index contributed by atoms with van der Waals surface area (Å²) >= 11 is 0. The summed E-state index contributed by atoms with van der Waals surface area (Å²) in [5.41, 5.74) is 3.11. The summed E-state index contributed by atoms with van der Waals surface area (Å²) in [6.45, 7) is 6.73. The molecule has 4 bridgehead atoms. The minimum atomic E-state index is 0.0783. The lowest BCUT2D eigenvalue weighted by Crippen LogP contribution is -2.60. The van der Waals surface area contributed by atoms with E-state index in [-0.39, 0.29) is 11.9 Å². The molecule has 5 atom stereocenters. The molecule has 178 valence electrons. The molecular formula is C29H35N3O2. The summed E-state index contributed by atoms with van der Waals surface area (Å²) in [5, 5.41) is 10.3. The number of aromatic hydroxyl groups is 1. The van der Waals surface area contributed by atoms with Gasteiger partial charge in [0.1, 0.15) is 5.75 Å². The third-order valence-corrected chi connectivity index (χ3v) is 8.71. The van der Waals surface area contributed by atoms with Crippen LogP contribution in [-0.2, 0) is 0 Å². The number of piperazine rings is 1. The average molecular weight is 458 g/mol. The van der Waals surface area contributed by atoms with Crippen LogP contribution in [0.15, 0.2) is 61.2 Å². The SMILES string of the molecule is C=CCN1C2CCC1[C@H]1CCC2N1C(c1ccc(C(=O)N2CCCC2)cc1)c1cccc(O)c1. The van der Waals surface area contributed by atoms with Gasteiger partial charge in [0.15, 0.2) is 0 Å². The summed E-state index contributed by atoms with van der Waals surface area (Å²) in [7, 11) is 0. The molecule has 4 heterocycles. The zero-order chi connectivity index (χ0) is 23.2. The topological polar surface area (TPSA) is 47.0 Å². The van der Waals surface area contributed by atoms with Crippen molar-refractivity contribution in [2.24, 2.45) is 0 Å². The summed E-state index contributed by atoms with van der Waals surface area (Å²) in [4.78, 5) is 20.3. The van der Waals surface area contributed by atoms with Gasteiger partial charge in [0.25, 0.3) is 5.91 Å². The molecule has 4 aliphatic heterocycles. The van der Waals surface area contributed by atoms with E-state index < -0.39 is 0 Å². The van der Waals surface area contributed by atoms with Crippen LogP contribution in [0.1, 0.15) is 66.1 Å². The summed E-state index contributed by atoms with van der Waals surface area (Å²) in [5.74, 6) is 0.457. The smallest absolute Gasteiger partial charge is 0.253 e. The molecule has 4 saturated heterocycles. The van der Waals surface area contributed by atoms with Crippen molar-refractivity contribution in [2.45, 2.75) is 68.7 Å². The Morgan fingerprint density at radius 1 is 0.941 bits per heavy atom. The third-order valence-electron chi connectivity index (χ3n) is 8.71. The van der Waals surface area contributed by atoms with E-state index in [1.807, 2.05) is 29.2 Å². The minimum Gasteiger partial charge on any atom is -0.508 e. The van der Waals surface area contributed by atoms with Gasteiger partial charge in [-0.1, -0.05) is 30.3 Å². The number of carbonyl (C=O) groups is 1. The molecule has 34 heavy (non-hydrogen) atoms. The number of rotatable bonds is 6. The molecule has 0 radical (unpaired) electrons. The zero-order valence-electron chi connectivity index (χ0n) is 19.9. The summed E-state index contributed by atoms with van der Waals surface area (Å²) in [6, 6.07) is 18.3. The van der Waals surface area contributed by atoms with Gasteiger partial charge in [-0.3, -0.25) is 14.6 Å². The number of fused-ring (bicyclic) bond motifs is 6. The lowest BCUT2D eigenvalue weighted by atomic mass is 9.91. The number of benzene rings is 2. The van der Waals surface area contributed by atoms with Crippen LogP contribution in [-0.4, -0.2) is 69.5 Å². The second-order valence-corrected chi connectivity index (χ2v) is 10.5. The summed E-state index contributed by atoms with van der Waals surface area (Å²) < 4.78 is 0. The molecule has 0 aromatic heterocycles. The molecule has 4 unspecified atom stereocenters. The number of phenols is 1. The number of hydrogen-bond donors (Lipinski definition) is 1. The van der Waals surface area contributed by atoms with Gasteiger partial charge < -0.3 is 10.0 Å². The Kier molecular flexibility index (Phi) is 5.70. The molecular weight excluding hydrogens is 422 g/mol. The van der Waals surface area contributed by atoms with Gasteiger partial charge in [-0.15, -0.1) is 6.58 Å². The van der Waals surface area contributed by atoms with E-state index in [4.69, 9.17) is 0 Å². The van der Waals surface area contributed by atoms with Gasteiger partial charge in [0, 0.05) is 49.4 Å². The fraction of sp³-hybridized carbons (Fsp3) is 0.483. The number of phenolic OH excluding ortho intramolecular Hbond substituents is 1. The maximum absolute atomic E-state index is 12.9. The minimum absolute atomic E-state index is 0.0783. The lowest BCUT2D eigenvalue weighted by Gasteiger charge is -2.50. The van der Waals surface area contributed by atoms with Crippen LogP contribution in [0.2, 0.25) is 0 Å². The Hall–Kier alpha value is -2.63. The Labute approximate surface area is 202 Å². The first-order valence-corrected chi connectivity index (χ1v) is 13.0. The highest BCUT2D eigenvalue weighted by Gasteiger charge is 2.56. The number of nitrogens with zero attached hydrogens (tertiary/aromatic N) is 3. The molecule has 4 fully saturated rings. The number of likely N-dealkylation sites (tertiary alicyclic amines) is 1. The first-order valence-electron chi connectivity index (χ1n) is 13.0. The highest BCUT2D eigenvalue weighted by molar-refractivity contribution is 5.94. The van der Waals surface area contributed by atoms with E-state index in [2.05, 4.69) is 40.7 Å². The molecule has 5 nitrogen and oxygen atoms in total. The molecule has 1 amide bonds. The number of carbonyl (C=O) groups excluding carboxylic acids is 1. The molecule has 1 N–H and O–H groups in total.